The highest BCUT2D eigenvalue weighted by atomic mass is 79.9. The lowest BCUT2D eigenvalue weighted by Gasteiger charge is -2.27. The Balaban J connectivity index is 1.26. The van der Waals surface area contributed by atoms with Crippen LogP contribution in [0.25, 0.3) is 33.1 Å². The molecule has 1 saturated carbocycles. The number of hydrogen-bond donors (Lipinski definition) is 2. The molecule has 39 heavy (non-hydrogen) atoms. The average molecular weight is 586 g/mol. The first-order chi connectivity index (χ1) is 18.9. The molecule has 2 aliphatic rings. The number of fused-ring (bicyclic) bond motifs is 4. The van der Waals surface area contributed by atoms with Gasteiger partial charge in [-0.1, -0.05) is 6.07 Å². The van der Waals surface area contributed by atoms with E-state index in [-0.39, 0.29) is 24.4 Å². The lowest BCUT2D eigenvalue weighted by molar-refractivity contribution is -0.138. The maximum atomic E-state index is 13.9. The van der Waals surface area contributed by atoms with Gasteiger partial charge in [-0.05, 0) is 83.1 Å². The van der Waals surface area contributed by atoms with Crippen LogP contribution in [0.1, 0.15) is 18.4 Å². The Labute approximate surface area is 231 Å². The van der Waals surface area contributed by atoms with Crippen LogP contribution in [-0.4, -0.2) is 48.3 Å². The quantitative estimate of drug-likeness (QED) is 0.290. The van der Waals surface area contributed by atoms with Crippen LogP contribution in [0.15, 0.2) is 64.3 Å². The molecule has 1 aliphatic carbocycles. The lowest BCUT2D eigenvalue weighted by atomic mass is 10.0. The van der Waals surface area contributed by atoms with Crippen LogP contribution < -0.4 is 11.1 Å². The van der Waals surface area contributed by atoms with E-state index in [0.29, 0.717) is 39.6 Å². The number of anilines is 2. The van der Waals surface area contributed by atoms with Crippen molar-refractivity contribution >= 4 is 61.3 Å². The Kier molecular flexibility index (Phi) is 5.44. The van der Waals surface area contributed by atoms with E-state index in [4.69, 9.17) is 10.2 Å². The molecule has 2 amide bonds. The van der Waals surface area contributed by atoms with Gasteiger partial charge in [-0.15, -0.1) is 0 Å². The summed E-state index contributed by atoms with van der Waals surface area (Å²) in [4.78, 5) is 42.0. The number of carbonyl (C=O) groups excluding carboxylic acids is 2. The highest BCUT2D eigenvalue weighted by molar-refractivity contribution is 9.10. The number of nitrogens with one attached hydrogen (secondary N) is 1. The number of aromatic nitrogens is 4. The lowest BCUT2D eigenvalue weighted by Crippen LogP contribution is -2.46. The SMILES string of the molecule is Cc1cc(-c2ccoc2)cc2c3c(N)ncnc3n(CC(=O)N3[C@@H]4CC4C[C@H]3C(=O)Nc3cccc(Br)n3)c12. The number of amides is 2. The van der Waals surface area contributed by atoms with E-state index >= 15 is 0 Å². The molecule has 7 rings (SSSR count). The number of nitrogen functional groups attached to an aromatic ring is 1. The third-order valence-corrected chi connectivity index (χ3v) is 8.20. The third kappa shape index (κ3) is 3.95. The van der Waals surface area contributed by atoms with E-state index < -0.39 is 6.04 Å². The topological polar surface area (TPSA) is 132 Å². The zero-order valence-corrected chi connectivity index (χ0v) is 22.6. The number of pyridine rings is 1. The molecule has 11 heteroatoms. The van der Waals surface area contributed by atoms with Crippen molar-refractivity contribution in [2.45, 2.75) is 38.4 Å². The summed E-state index contributed by atoms with van der Waals surface area (Å²) in [5.74, 6) is 0.784. The van der Waals surface area contributed by atoms with Gasteiger partial charge in [-0.25, -0.2) is 15.0 Å². The summed E-state index contributed by atoms with van der Waals surface area (Å²) in [5, 5.41) is 4.45. The second-order valence-corrected chi connectivity index (χ2v) is 11.0. The number of likely N-dealkylation sites (tertiary alicyclic amines) is 1. The van der Waals surface area contributed by atoms with E-state index in [0.717, 1.165) is 34.0 Å². The molecule has 10 nitrogen and oxygen atoms in total. The van der Waals surface area contributed by atoms with E-state index in [9.17, 15) is 9.59 Å². The number of hydrogen-bond acceptors (Lipinski definition) is 7. The van der Waals surface area contributed by atoms with Crippen molar-refractivity contribution in [2.75, 3.05) is 11.1 Å². The van der Waals surface area contributed by atoms with Gasteiger partial charge in [0.15, 0.2) is 0 Å². The second-order valence-electron chi connectivity index (χ2n) is 10.2. The van der Waals surface area contributed by atoms with Crippen LogP contribution >= 0.6 is 15.9 Å². The normalized spacial score (nSPS) is 19.9. The van der Waals surface area contributed by atoms with Gasteiger partial charge in [0.25, 0.3) is 0 Å². The largest absolute Gasteiger partial charge is 0.472 e. The van der Waals surface area contributed by atoms with Crippen molar-refractivity contribution in [1.29, 1.82) is 0 Å². The van der Waals surface area contributed by atoms with Gasteiger partial charge in [-0.3, -0.25) is 9.59 Å². The Morgan fingerprint density at radius 2 is 2.05 bits per heavy atom. The fourth-order valence-corrected chi connectivity index (χ4v) is 6.33. The molecule has 196 valence electrons. The highest BCUT2D eigenvalue weighted by Crippen LogP contribution is 2.48. The van der Waals surface area contributed by atoms with Crippen LogP contribution in [0.5, 0.6) is 0 Å². The van der Waals surface area contributed by atoms with Gasteiger partial charge in [0.2, 0.25) is 11.8 Å². The fraction of sp³-hybridized carbons (Fsp3) is 0.250. The van der Waals surface area contributed by atoms with Crippen LogP contribution in [0, 0.1) is 12.8 Å². The van der Waals surface area contributed by atoms with Gasteiger partial charge in [0, 0.05) is 17.0 Å². The number of piperidine rings is 1. The molecular formula is C28H24BrN7O3. The van der Waals surface area contributed by atoms with Gasteiger partial charge in [0.1, 0.15) is 40.8 Å². The molecule has 1 aromatic carbocycles. The summed E-state index contributed by atoms with van der Waals surface area (Å²) in [6, 6.07) is 10.8. The molecule has 3 N–H and O–H groups in total. The molecule has 1 aliphatic heterocycles. The molecular weight excluding hydrogens is 562 g/mol. The molecule has 0 spiro atoms. The molecule has 5 heterocycles. The monoisotopic (exact) mass is 585 g/mol. The number of carbonyl (C=O) groups is 2. The van der Waals surface area contributed by atoms with Crippen molar-refractivity contribution in [2.24, 2.45) is 5.92 Å². The van der Waals surface area contributed by atoms with Gasteiger partial charge in [-0.2, -0.15) is 0 Å². The smallest absolute Gasteiger partial charge is 0.248 e. The van der Waals surface area contributed by atoms with Gasteiger partial charge >= 0.3 is 0 Å². The third-order valence-electron chi connectivity index (χ3n) is 7.76. The number of nitrogens with two attached hydrogens (primary N) is 1. The standard InChI is InChI=1S/C28H24BrN7O3/c1-14-7-16(15-5-6-39-12-15)8-18-24-26(30)31-13-32-27(24)35(25(14)18)11-23(37)36-19-9-17(19)10-20(36)28(38)34-22-4-2-3-21(29)33-22/h2-8,12-13,17,19-20H,9-11H2,1H3,(H2,30,31,32)(H,33,34,38)/t17?,19-,20+/m1/s1. The molecule has 3 atom stereocenters. The molecule has 0 bridgehead atoms. The van der Waals surface area contributed by atoms with Crippen LogP contribution in [-0.2, 0) is 16.1 Å². The molecule has 1 saturated heterocycles. The molecule has 0 radical (unpaired) electrons. The summed E-state index contributed by atoms with van der Waals surface area (Å²) < 4.78 is 7.82. The van der Waals surface area contributed by atoms with E-state index in [1.165, 1.54) is 6.33 Å². The van der Waals surface area contributed by atoms with Gasteiger partial charge < -0.3 is 24.9 Å². The highest BCUT2D eigenvalue weighted by Gasteiger charge is 2.56. The number of halogens is 1. The number of furan rings is 1. The van der Waals surface area contributed by atoms with Crippen molar-refractivity contribution in [3.05, 3.63) is 65.4 Å². The van der Waals surface area contributed by atoms with Crippen LogP contribution in [0.4, 0.5) is 11.6 Å². The van der Waals surface area contributed by atoms with Crippen LogP contribution in [0.2, 0.25) is 0 Å². The summed E-state index contributed by atoms with van der Waals surface area (Å²) >= 11 is 3.33. The van der Waals surface area contributed by atoms with E-state index in [2.05, 4.69) is 42.3 Å². The summed E-state index contributed by atoms with van der Waals surface area (Å²) in [6.07, 6.45) is 6.30. The molecule has 2 fully saturated rings. The fourth-order valence-electron chi connectivity index (χ4n) is 5.99. The average Bonchev–Trinajstić information content (AvgIpc) is 3.25. The maximum Gasteiger partial charge on any atom is 0.248 e. The number of aryl methyl sites for hydroxylation is 1. The Morgan fingerprint density at radius 3 is 2.85 bits per heavy atom. The Hall–Kier alpha value is -4.25. The first-order valence-corrected chi connectivity index (χ1v) is 13.5. The van der Waals surface area contributed by atoms with E-state index in [1.807, 2.05) is 23.6 Å². The number of nitrogens with zero attached hydrogens (tertiary/aromatic N) is 5. The Bertz CT molecular complexity index is 1780. The predicted molar refractivity (Wildman–Crippen MR) is 150 cm³/mol. The van der Waals surface area contributed by atoms with Crippen molar-refractivity contribution in [3.8, 4) is 11.1 Å². The first-order valence-electron chi connectivity index (χ1n) is 12.7. The zero-order chi connectivity index (χ0) is 26.8. The molecule has 4 aromatic heterocycles. The minimum Gasteiger partial charge on any atom is -0.472 e. The minimum absolute atomic E-state index is 0.0322. The minimum atomic E-state index is -0.552. The summed E-state index contributed by atoms with van der Waals surface area (Å²) in [5.41, 5.74) is 10.7. The molecule has 1 unspecified atom stereocenters. The summed E-state index contributed by atoms with van der Waals surface area (Å²) in [6.45, 7) is 2.04. The molecule has 5 aromatic rings. The number of rotatable bonds is 5. The maximum absolute atomic E-state index is 13.9. The van der Waals surface area contributed by atoms with Crippen molar-refractivity contribution < 1.29 is 14.0 Å². The second kappa shape index (κ2) is 8.91. The summed E-state index contributed by atoms with van der Waals surface area (Å²) in [7, 11) is 0. The van der Waals surface area contributed by atoms with Crippen LogP contribution in [0.3, 0.4) is 0 Å². The zero-order valence-electron chi connectivity index (χ0n) is 21.0. The van der Waals surface area contributed by atoms with Gasteiger partial charge in [0.05, 0.1) is 23.4 Å². The Morgan fingerprint density at radius 1 is 1.18 bits per heavy atom. The number of benzene rings is 1. The van der Waals surface area contributed by atoms with Crippen molar-refractivity contribution in [1.82, 2.24) is 24.4 Å². The van der Waals surface area contributed by atoms with Crippen molar-refractivity contribution in [3.63, 3.8) is 0 Å². The first kappa shape index (κ1) is 23.8. The van der Waals surface area contributed by atoms with E-state index in [1.54, 1.807) is 35.6 Å². The predicted octanol–water partition coefficient (Wildman–Crippen LogP) is 4.52.